The molecule has 0 fully saturated rings. The van der Waals surface area contributed by atoms with Crippen LogP contribution in [0.3, 0.4) is 0 Å². The Kier molecular flexibility index (Phi) is 7.02. The van der Waals surface area contributed by atoms with Crippen LogP contribution >= 0.6 is 0 Å². The fourth-order valence-corrected chi connectivity index (χ4v) is 2.20. The van der Waals surface area contributed by atoms with Crippen molar-refractivity contribution in [3.63, 3.8) is 0 Å². The summed E-state index contributed by atoms with van der Waals surface area (Å²) in [5, 5.41) is 2.66. The van der Waals surface area contributed by atoms with Crippen LogP contribution in [-0.2, 0) is 9.53 Å². The van der Waals surface area contributed by atoms with Crippen molar-refractivity contribution in [2.24, 2.45) is 0 Å². The van der Waals surface area contributed by atoms with E-state index < -0.39 is 11.8 Å². The van der Waals surface area contributed by atoms with E-state index in [9.17, 15) is 18.8 Å². The molecule has 0 aliphatic heterocycles. The summed E-state index contributed by atoms with van der Waals surface area (Å²) < 4.78 is 17.9. The van der Waals surface area contributed by atoms with E-state index in [2.05, 4.69) is 5.32 Å². The molecule has 2 rings (SSSR count). The number of amides is 1. The Hall–Kier alpha value is -3.02. The van der Waals surface area contributed by atoms with Gasteiger partial charge in [0.2, 0.25) is 5.91 Å². The first kappa shape index (κ1) is 19.3. The monoisotopic (exact) mass is 357 g/mol. The van der Waals surface area contributed by atoms with E-state index in [0.29, 0.717) is 23.4 Å². The van der Waals surface area contributed by atoms with Gasteiger partial charge < -0.3 is 10.1 Å². The molecule has 1 N–H and O–H groups in total. The largest absolute Gasteiger partial charge is 0.462 e. The van der Waals surface area contributed by atoms with Crippen molar-refractivity contribution >= 4 is 23.3 Å². The molecular formula is C20H20FNO4. The zero-order valence-corrected chi connectivity index (χ0v) is 14.5. The van der Waals surface area contributed by atoms with E-state index in [1.54, 1.807) is 24.3 Å². The van der Waals surface area contributed by atoms with E-state index in [0.717, 1.165) is 6.42 Å². The Labute approximate surface area is 151 Å². The summed E-state index contributed by atoms with van der Waals surface area (Å²) >= 11 is 0. The van der Waals surface area contributed by atoms with Crippen LogP contribution in [0.15, 0.2) is 48.5 Å². The quantitative estimate of drug-likeness (QED) is 0.573. The van der Waals surface area contributed by atoms with Crippen LogP contribution in [0.4, 0.5) is 10.1 Å². The zero-order valence-electron chi connectivity index (χ0n) is 14.5. The molecule has 0 aliphatic rings. The summed E-state index contributed by atoms with van der Waals surface area (Å²) in [5.74, 6) is -1.37. The number of rotatable bonds is 8. The third-order valence-corrected chi connectivity index (χ3v) is 3.59. The number of ether oxygens (including phenoxy) is 1. The predicted molar refractivity (Wildman–Crippen MR) is 95.6 cm³/mol. The van der Waals surface area contributed by atoms with Gasteiger partial charge in [0.05, 0.1) is 12.2 Å². The number of nitrogens with one attached hydrogen (secondary N) is 1. The second-order valence-corrected chi connectivity index (χ2v) is 5.69. The standard InChI is InChI=1S/C20H20FNO4/c1-2-13-26-20(25)15-5-9-17(10-6-15)22-19(24)12-11-18(23)14-3-7-16(21)8-4-14/h3-10H,2,11-13H2,1H3,(H,22,24). The number of Topliss-reactive ketones (excluding diaryl/α,β-unsaturated/α-hetero) is 1. The van der Waals surface area contributed by atoms with Crippen molar-refractivity contribution in [3.05, 3.63) is 65.5 Å². The highest BCUT2D eigenvalue weighted by atomic mass is 19.1. The van der Waals surface area contributed by atoms with Crippen LogP contribution in [-0.4, -0.2) is 24.3 Å². The Bertz CT molecular complexity index is 769. The van der Waals surface area contributed by atoms with Crippen LogP contribution in [0.25, 0.3) is 0 Å². The van der Waals surface area contributed by atoms with E-state index in [1.165, 1.54) is 24.3 Å². The molecule has 0 saturated heterocycles. The first-order chi connectivity index (χ1) is 12.5. The molecule has 0 spiro atoms. The van der Waals surface area contributed by atoms with Crippen molar-refractivity contribution < 1.29 is 23.5 Å². The molecule has 136 valence electrons. The molecule has 0 radical (unpaired) electrons. The van der Waals surface area contributed by atoms with Crippen LogP contribution in [0.5, 0.6) is 0 Å². The molecule has 0 aromatic heterocycles. The number of carbonyl (C=O) groups is 3. The second kappa shape index (κ2) is 9.46. The van der Waals surface area contributed by atoms with Crippen LogP contribution in [0, 0.1) is 5.82 Å². The predicted octanol–water partition coefficient (Wildman–Crippen LogP) is 3.99. The molecule has 6 heteroatoms. The number of carbonyl (C=O) groups excluding carboxylic acids is 3. The Balaban J connectivity index is 1.82. The number of halogens is 1. The highest BCUT2D eigenvalue weighted by Crippen LogP contribution is 2.12. The lowest BCUT2D eigenvalue weighted by atomic mass is 10.1. The molecule has 0 saturated carbocycles. The normalized spacial score (nSPS) is 10.2. The Morgan fingerprint density at radius 1 is 0.923 bits per heavy atom. The van der Waals surface area contributed by atoms with Gasteiger partial charge in [0.15, 0.2) is 5.78 Å². The van der Waals surface area contributed by atoms with Crippen molar-refractivity contribution in [1.82, 2.24) is 0 Å². The fraction of sp³-hybridized carbons (Fsp3) is 0.250. The summed E-state index contributed by atoms with van der Waals surface area (Å²) in [6.45, 7) is 2.27. The first-order valence-corrected chi connectivity index (χ1v) is 8.35. The van der Waals surface area contributed by atoms with Gasteiger partial charge >= 0.3 is 5.97 Å². The van der Waals surface area contributed by atoms with E-state index in [1.807, 2.05) is 6.92 Å². The van der Waals surface area contributed by atoms with Crippen molar-refractivity contribution in [2.75, 3.05) is 11.9 Å². The van der Waals surface area contributed by atoms with E-state index >= 15 is 0 Å². The average molecular weight is 357 g/mol. The lowest BCUT2D eigenvalue weighted by molar-refractivity contribution is -0.116. The minimum atomic E-state index is -0.415. The lowest BCUT2D eigenvalue weighted by Crippen LogP contribution is -2.14. The zero-order chi connectivity index (χ0) is 18.9. The summed E-state index contributed by atoms with van der Waals surface area (Å²) in [6, 6.07) is 11.5. The minimum Gasteiger partial charge on any atom is -0.462 e. The number of ketones is 1. The van der Waals surface area contributed by atoms with Gasteiger partial charge in [-0.2, -0.15) is 0 Å². The van der Waals surface area contributed by atoms with Gasteiger partial charge in [0, 0.05) is 24.1 Å². The molecule has 5 nitrogen and oxygen atoms in total. The third-order valence-electron chi connectivity index (χ3n) is 3.59. The van der Waals surface area contributed by atoms with Crippen molar-refractivity contribution in [1.29, 1.82) is 0 Å². The molecule has 0 unspecified atom stereocenters. The van der Waals surface area contributed by atoms with Gasteiger partial charge in [0.25, 0.3) is 0 Å². The number of esters is 1. The summed E-state index contributed by atoms with van der Waals surface area (Å²) in [5.41, 5.74) is 1.30. The number of hydrogen-bond donors (Lipinski definition) is 1. The molecule has 26 heavy (non-hydrogen) atoms. The molecule has 2 aromatic carbocycles. The second-order valence-electron chi connectivity index (χ2n) is 5.69. The molecule has 0 aliphatic carbocycles. The summed E-state index contributed by atoms with van der Waals surface area (Å²) in [4.78, 5) is 35.6. The average Bonchev–Trinajstić information content (AvgIpc) is 2.65. The van der Waals surface area contributed by atoms with Crippen LogP contribution in [0.2, 0.25) is 0 Å². The van der Waals surface area contributed by atoms with Gasteiger partial charge in [0.1, 0.15) is 5.82 Å². The number of anilines is 1. The van der Waals surface area contributed by atoms with Gasteiger partial charge in [-0.15, -0.1) is 0 Å². The minimum absolute atomic E-state index is 0.0104. The topological polar surface area (TPSA) is 72.5 Å². The molecule has 2 aromatic rings. The van der Waals surface area contributed by atoms with Crippen LogP contribution < -0.4 is 5.32 Å². The highest BCUT2D eigenvalue weighted by molar-refractivity contribution is 6.00. The van der Waals surface area contributed by atoms with Crippen LogP contribution in [0.1, 0.15) is 46.9 Å². The maximum atomic E-state index is 12.8. The first-order valence-electron chi connectivity index (χ1n) is 8.35. The lowest BCUT2D eigenvalue weighted by Gasteiger charge is -2.07. The molecule has 1 amide bonds. The van der Waals surface area contributed by atoms with Gasteiger partial charge in [-0.3, -0.25) is 9.59 Å². The Morgan fingerprint density at radius 2 is 1.54 bits per heavy atom. The van der Waals surface area contributed by atoms with E-state index in [-0.39, 0.29) is 24.5 Å². The maximum absolute atomic E-state index is 12.8. The van der Waals surface area contributed by atoms with Crippen molar-refractivity contribution in [2.45, 2.75) is 26.2 Å². The summed E-state index contributed by atoms with van der Waals surface area (Å²) in [6.07, 6.45) is 0.784. The number of benzene rings is 2. The molecule has 0 bridgehead atoms. The highest BCUT2D eigenvalue weighted by Gasteiger charge is 2.11. The smallest absolute Gasteiger partial charge is 0.338 e. The fourth-order valence-electron chi connectivity index (χ4n) is 2.20. The summed E-state index contributed by atoms with van der Waals surface area (Å²) in [7, 11) is 0. The van der Waals surface area contributed by atoms with Gasteiger partial charge in [-0.1, -0.05) is 6.92 Å². The van der Waals surface area contributed by atoms with E-state index in [4.69, 9.17) is 4.74 Å². The SMILES string of the molecule is CCCOC(=O)c1ccc(NC(=O)CCC(=O)c2ccc(F)cc2)cc1. The molecule has 0 atom stereocenters. The van der Waals surface area contributed by atoms with Crippen molar-refractivity contribution in [3.8, 4) is 0 Å². The van der Waals surface area contributed by atoms with Gasteiger partial charge in [-0.25, -0.2) is 9.18 Å². The van der Waals surface area contributed by atoms with Gasteiger partial charge in [-0.05, 0) is 55.0 Å². The third kappa shape index (κ3) is 5.81. The number of hydrogen-bond acceptors (Lipinski definition) is 4. The maximum Gasteiger partial charge on any atom is 0.338 e. The Morgan fingerprint density at radius 3 is 2.15 bits per heavy atom. The molecular weight excluding hydrogens is 337 g/mol. The molecule has 0 heterocycles.